The molecule has 4 aromatic rings. The van der Waals surface area contributed by atoms with Gasteiger partial charge >= 0.3 is 5.69 Å². The third-order valence-corrected chi connectivity index (χ3v) is 7.23. The number of aromatic amines is 1. The normalized spacial score (nSPS) is 18.0. The number of imidazole rings is 1. The Balaban J connectivity index is 1.14. The number of anilines is 2. The van der Waals surface area contributed by atoms with Crippen molar-refractivity contribution in [3.05, 3.63) is 64.6 Å². The zero-order valence-corrected chi connectivity index (χ0v) is 22.1. The second-order valence-electron chi connectivity index (χ2n) is 9.65. The second kappa shape index (κ2) is 10.6. The van der Waals surface area contributed by atoms with Crippen molar-refractivity contribution in [2.45, 2.75) is 19.6 Å². The molecule has 2 aliphatic rings. The number of hydrogen-bond donors (Lipinski definition) is 2. The Hall–Kier alpha value is -4.07. The van der Waals surface area contributed by atoms with Gasteiger partial charge in [-0.3, -0.25) is 19.5 Å². The molecule has 1 aromatic carbocycles. The van der Waals surface area contributed by atoms with Gasteiger partial charge < -0.3 is 18.8 Å². The van der Waals surface area contributed by atoms with Gasteiger partial charge in [0.25, 0.3) is 0 Å². The highest BCUT2D eigenvalue weighted by Crippen LogP contribution is 2.29. The molecule has 1 saturated heterocycles. The lowest BCUT2D eigenvalue weighted by Gasteiger charge is -2.36. The third-order valence-electron chi connectivity index (χ3n) is 7.23. The van der Waals surface area contributed by atoms with Crippen molar-refractivity contribution >= 4 is 23.0 Å². The Morgan fingerprint density at radius 3 is 2.74 bits per heavy atom. The highest BCUT2D eigenvalue weighted by Gasteiger charge is 2.33. The van der Waals surface area contributed by atoms with Crippen LogP contribution in [0.15, 0.2) is 56.9 Å². The van der Waals surface area contributed by atoms with Gasteiger partial charge in [0.2, 0.25) is 5.78 Å². The molecule has 0 radical (unpaired) electrons. The van der Waals surface area contributed by atoms with E-state index in [0.29, 0.717) is 48.5 Å². The average Bonchev–Trinajstić information content (AvgIpc) is 3.67. The molecule has 2 aliphatic heterocycles. The van der Waals surface area contributed by atoms with Crippen LogP contribution < -0.4 is 26.2 Å². The predicted molar refractivity (Wildman–Crippen MR) is 147 cm³/mol. The van der Waals surface area contributed by atoms with E-state index in [2.05, 4.69) is 32.0 Å². The van der Waals surface area contributed by atoms with Gasteiger partial charge in [0.05, 0.1) is 12.9 Å². The number of ether oxygens (including phenoxy) is 2. The van der Waals surface area contributed by atoms with Crippen molar-refractivity contribution in [2.24, 2.45) is 10.8 Å². The van der Waals surface area contributed by atoms with E-state index < -0.39 is 0 Å². The van der Waals surface area contributed by atoms with Crippen molar-refractivity contribution in [1.82, 2.24) is 24.1 Å². The minimum Gasteiger partial charge on any atom is -0.491 e. The molecule has 1 unspecified atom stereocenters. The fraction of sp³-hybridized carbons (Fsp3) is 0.423. The van der Waals surface area contributed by atoms with Gasteiger partial charge in [-0.15, -0.1) is 0 Å². The number of piperazine rings is 1. The monoisotopic (exact) mass is 535 g/mol. The van der Waals surface area contributed by atoms with E-state index >= 15 is 0 Å². The first-order chi connectivity index (χ1) is 19.0. The summed E-state index contributed by atoms with van der Waals surface area (Å²) in [4.78, 5) is 27.1. The number of benzene rings is 1. The minimum atomic E-state index is -0.328. The van der Waals surface area contributed by atoms with Crippen LogP contribution in [0.4, 0.5) is 11.5 Å². The van der Waals surface area contributed by atoms with Crippen LogP contribution in [0.1, 0.15) is 18.4 Å². The molecule has 5 heterocycles. The van der Waals surface area contributed by atoms with Crippen molar-refractivity contribution < 1.29 is 13.9 Å². The number of methoxy groups -OCH3 is 1. The lowest BCUT2D eigenvalue weighted by molar-refractivity contribution is 0.146. The van der Waals surface area contributed by atoms with Crippen LogP contribution in [0.2, 0.25) is 0 Å². The van der Waals surface area contributed by atoms with E-state index in [0.717, 1.165) is 44.2 Å². The number of nitrogens with one attached hydrogen (secondary N) is 1. The maximum absolute atomic E-state index is 13.0. The fourth-order valence-electron chi connectivity index (χ4n) is 5.09. The molecule has 0 saturated carbocycles. The van der Waals surface area contributed by atoms with Crippen LogP contribution in [-0.4, -0.2) is 89.0 Å². The zero-order valence-electron chi connectivity index (χ0n) is 22.1. The lowest BCUT2D eigenvalue weighted by atomic mass is 10.1. The SMILES string of the molecule is COCCOc1cccc(N2CCN(CCn3c(=O)[nH]n4c5c(nc34)N(N)C(C)N=C5c3ccco3)CC2)c1. The number of hydrazine groups is 1. The Kier molecular flexibility index (Phi) is 6.85. The molecular formula is C26H33N9O4. The second-order valence-corrected chi connectivity index (χ2v) is 9.65. The molecule has 0 amide bonds. The molecule has 39 heavy (non-hydrogen) atoms. The predicted octanol–water partition coefficient (Wildman–Crippen LogP) is 1.14. The number of aliphatic imine (C=N–C) groups is 1. The quantitative estimate of drug-likeness (QED) is 0.239. The summed E-state index contributed by atoms with van der Waals surface area (Å²) in [5.41, 5.74) is 2.13. The molecule has 1 fully saturated rings. The first kappa shape index (κ1) is 25.2. The number of hydrogen-bond acceptors (Lipinski definition) is 10. The zero-order chi connectivity index (χ0) is 26.9. The van der Waals surface area contributed by atoms with Gasteiger partial charge in [0.1, 0.15) is 29.9 Å². The number of H-pyrrole nitrogens is 1. The molecule has 6 rings (SSSR count). The van der Waals surface area contributed by atoms with Gasteiger partial charge in [-0.1, -0.05) is 6.07 Å². The van der Waals surface area contributed by atoms with Crippen LogP contribution in [0, 0.1) is 0 Å². The van der Waals surface area contributed by atoms with E-state index in [1.165, 1.54) is 5.01 Å². The Morgan fingerprint density at radius 2 is 1.97 bits per heavy atom. The van der Waals surface area contributed by atoms with E-state index in [1.54, 1.807) is 28.5 Å². The molecule has 3 aromatic heterocycles. The molecule has 0 aliphatic carbocycles. The maximum Gasteiger partial charge on any atom is 0.343 e. The number of furan rings is 1. The van der Waals surface area contributed by atoms with Gasteiger partial charge in [-0.2, -0.15) is 4.98 Å². The van der Waals surface area contributed by atoms with Gasteiger partial charge in [-0.05, 0) is 31.2 Å². The highest BCUT2D eigenvalue weighted by molar-refractivity contribution is 6.14. The maximum atomic E-state index is 13.0. The van der Waals surface area contributed by atoms with E-state index in [9.17, 15) is 4.79 Å². The Morgan fingerprint density at radius 1 is 1.13 bits per heavy atom. The van der Waals surface area contributed by atoms with Crippen molar-refractivity contribution in [3.8, 4) is 5.75 Å². The Labute approximate surface area is 225 Å². The number of aromatic nitrogens is 4. The average molecular weight is 536 g/mol. The molecule has 13 nitrogen and oxygen atoms in total. The molecule has 13 heteroatoms. The van der Waals surface area contributed by atoms with E-state index in [-0.39, 0.29) is 11.9 Å². The summed E-state index contributed by atoms with van der Waals surface area (Å²) in [6.45, 7) is 7.74. The van der Waals surface area contributed by atoms with E-state index in [1.807, 2.05) is 25.1 Å². The third kappa shape index (κ3) is 4.80. The van der Waals surface area contributed by atoms with Gasteiger partial charge in [0, 0.05) is 58.1 Å². The number of rotatable bonds is 9. The lowest BCUT2D eigenvalue weighted by Crippen LogP contribution is -2.47. The van der Waals surface area contributed by atoms with Crippen molar-refractivity contribution in [2.75, 3.05) is 63.0 Å². The van der Waals surface area contributed by atoms with Crippen LogP contribution >= 0.6 is 0 Å². The van der Waals surface area contributed by atoms with Crippen molar-refractivity contribution in [1.29, 1.82) is 0 Å². The summed E-state index contributed by atoms with van der Waals surface area (Å²) in [6, 6.07) is 11.8. The first-order valence-corrected chi connectivity index (χ1v) is 13.1. The smallest absolute Gasteiger partial charge is 0.343 e. The summed E-state index contributed by atoms with van der Waals surface area (Å²) >= 11 is 0. The van der Waals surface area contributed by atoms with E-state index in [4.69, 9.17) is 24.7 Å². The summed E-state index contributed by atoms with van der Waals surface area (Å²) in [6.07, 6.45) is 1.27. The molecular weight excluding hydrogens is 502 g/mol. The number of fused-ring (bicyclic) bond motifs is 3. The standard InChI is InChI=1S/C26H33N9O4/c1-18-28-22(21-7-4-14-39-21)23-24(34(18)27)29-25-33(26(36)30-35(23)25)13-10-31-8-11-32(12-9-31)19-5-3-6-20(17-19)38-16-15-37-2/h3-7,14,17-18H,8-13,15-16,27H2,1-2H3,(H,30,36). The van der Waals surface area contributed by atoms with Crippen molar-refractivity contribution in [3.63, 3.8) is 0 Å². The largest absolute Gasteiger partial charge is 0.491 e. The Bertz CT molecular complexity index is 1510. The van der Waals surface area contributed by atoms with Gasteiger partial charge in [-0.25, -0.2) is 20.3 Å². The van der Waals surface area contributed by atoms with Crippen LogP contribution in [0.3, 0.4) is 0 Å². The molecule has 206 valence electrons. The molecule has 1 atom stereocenters. The summed E-state index contributed by atoms with van der Waals surface area (Å²) < 4.78 is 19.8. The van der Waals surface area contributed by atoms with Crippen LogP contribution in [0.25, 0.3) is 5.78 Å². The summed E-state index contributed by atoms with van der Waals surface area (Å²) in [5, 5.41) is 4.42. The molecule has 3 N–H and O–H groups in total. The molecule has 0 spiro atoms. The first-order valence-electron chi connectivity index (χ1n) is 13.1. The fourth-order valence-corrected chi connectivity index (χ4v) is 5.09. The minimum absolute atomic E-state index is 0.231. The topological polar surface area (TPSA) is 135 Å². The van der Waals surface area contributed by atoms with Gasteiger partial charge in [0.15, 0.2) is 11.6 Å². The molecule has 0 bridgehead atoms. The highest BCUT2D eigenvalue weighted by atomic mass is 16.5. The number of nitrogens with two attached hydrogens (primary N) is 1. The number of nitrogens with zero attached hydrogens (tertiary/aromatic N) is 7. The summed E-state index contributed by atoms with van der Waals surface area (Å²) in [5.74, 6) is 8.78. The van der Waals surface area contributed by atoms with Crippen LogP contribution in [0.5, 0.6) is 5.75 Å². The van der Waals surface area contributed by atoms with Crippen LogP contribution in [-0.2, 0) is 11.3 Å². The summed E-state index contributed by atoms with van der Waals surface area (Å²) in [7, 11) is 1.66.